The van der Waals surface area contributed by atoms with Crippen LogP contribution >= 0.6 is 0 Å². The van der Waals surface area contributed by atoms with Crippen LogP contribution in [-0.2, 0) is 10.1 Å². The lowest BCUT2D eigenvalue weighted by Crippen LogP contribution is -2.58. The summed E-state index contributed by atoms with van der Waals surface area (Å²) < 4.78 is 33.9. The van der Waals surface area contributed by atoms with E-state index in [0.717, 1.165) is 55.4 Å². The number of aliphatic hydroxyl groups is 1. The molecule has 244 valence electrons. The van der Waals surface area contributed by atoms with Gasteiger partial charge in [-0.25, -0.2) is 8.42 Å². The summed E-state index contributed by atoms with van der Waals surface area (Å²) in [7, 11) is 0.0267. The van der Waals surface area contributed by atoms with Crippen molar-refractivity contribution in [2.75, 3.05) is 32.9 Å². The zero-order chi connectivity index (χ0) is 31.1. The fourth-order valence-corrected chi connectivity index (χ4v) is 11.4. The van der Waals surface area contributed by atoms with E-state index in [1.54, 1.807) is 0 Å². The van der Waals surface area contributed by atoms with Crippen molar-refractivity contribution in [3.8, 4) is 0 Å². The number of quaternary nitrogens is 1. The SMILES string of the molecule is CC(C)CCC[C@@H](C)[C@H]1CC[C@H]2[C@@H]3CC=C4C[C@@H](O)CC(C(N)CC[N+](C)(C)CCCS(=O)(=O)[O-])[C@]4(C)[C@H]3CC[C@]12C. The predicted octanol–water partition coefficient (Wildman–Crippen LogP) is 6.34. The highest BCUT2D eigenvalue weighted by molar-refractivity contribution is 7.85. The number of allylic oxidation sites excluding steroid dienone is 1. The van der Waals surface area contributed by atoms with Gasteiger partial charge in [0.2, 0.25) is 0 Å². The first kappa shape index (κ1) is 34.4. The highest BCUT2D eigenvalue weighted by atomic mass is 32.2. The summed E-state index contributed by atoms with van der Waals surface area (Å²) in [6.07, 6.45) is 15.6. The Kier molecular flexibility index (Phi) is 10.7. The van der Waals surface area contributed by atoms with E-state index in [1.807, 2.05) is 0 Å². The Morgan fingerprint density at radius 1 is 1.02 bits per heavy atom. The fourth-order valence-electron chi connectivity index (χ4n) is 10.9. The van der Waals surface area contributed by atoms with E-state index in [-0.39, 0.29) is 29.2 Å². The van der Waals surface area contributed by atoms with Crippen LogP contribution in [0.15, 0.2) is 11.6 Å². The van der Waals surface area contributed by atoms with Crippen LogP contribution in [0, 0.1) is 52.3 Å². The van der Waals surface area contributed by atoms with Crippen LogP contribution in [0.3, 0.4) is 0 Å². The molecule has 4 rings (SSSR count). The van der Waals surface area contributed by atoms with Gasteiger partial charge in [0.05, 0.1) is 43.4 Å². The standard InChI is InChI=1S/C35H64N2O4S/c1-24(2)10-8-11-25(3)29-14-15-30-28-13-12-26-22-27(38)23-32(35(26,5)31(28)16-18-34(29,30)4)33(36)17-20-37(6,7)19-9-21-42(39,40)41/h12,24-25,27-33,38H,8-11,13-23,36H2,1-7H3/t25-,27-,28+,29-,30+,31+,32?,33?,34-,35+/m1/s1. The van der Waals surface area contributed by atoms with E-state index in [4.69, 9.17) is 5.73 Å². The number of rotatable bonds is 13. The third-order valence-corrected chi connectivity index (χ3v) is 14.0. The first-order valence-electron chi connectivity index (χ1n) is 17.4. The maximum absolute atomic E-state index is 11.1. The number of fused-ring (bicyclic) bond motifs is 5. The maximum atomic E-state index is 11.1. The number of nitrogens with two attached hydrogens (primary N) is 1. The van der Waals surface area contributed by atoms with Crippen molar-refractivity contribution in [3.63, 3.8) is 0 Å². The Morgan fingerprint density at radius 3 is 2.40 bits per heavy atom. The highest BCUT2D eigenvalue weighted by Gasteiger charge is 2.61. The first-order chi connectivity index (χ1) is 19.5. The third-order valence-electron chi connectivity index (χ3n) is 13.2. The van der Waals surface area contributed by atoms with Gasteiger partial charge in [-0.05, 0) is 97.2 Å². The molecule has 10 atom stereocenters. The summed E-state index contributed by atoms with van der Waals surface area (Å²) in [5, 5.41) is 11.0. The Hall–Kier alpha value is -0.470. The summed E-state index contributed by atoms with van der Waals surface area (Å²) >= 11 is 0. The largest absolute Gasteiger partial charge is 0.748 e. The van der Waals surface area contributed by atoms with Crippen LogP contribution in [0.25, 0.3) is 0 Å². The Labute approximate surface area is 258 Å². The van der Waals surface area contributed by atoms with Crippen molar-refractivity contribution >= 4 is 10.1 Å². The molecule has 0 amide bonds. The second-order valence-electron chi connectivity index (χ2n) is 16.8. The molecule has 6 nitrogen and oxygen atoms in total. The summed E-state index contributed by atoms with van der Waals surface area (Å²) in [6.45, 7) is 13.9. The van der Waals surface area contributed by atoms with E-state index in [9.17, 15) is 18.1 Å². The minimum absolute atomic E-state index is 0.0154. The van der Waals surface area contributed by atoms with Gasteiger partial charge >= 0.3 is 0 Å². The lowest BCUT2D eigenvalue weighted by Gasteiger charge is -2.61. The van der Waals surface area contributed by atoms with E-state index in [1.165, 1.54) is 56.9 Å². The number of nitrogens with zero attached hydrogens (tertiary/aromatic N) is 1. The van der Waals surface area contributed by atoms with Crippen LogP contribution in [-0.4, -0.2) is 67.6 Å². The molecule has 42 heavy (non-hydrogen) atoms. The Morgan fingerprint density at radius 2 is 1.74 bits per heavy atom. The van der Waals surface area contributed by atoms with Crippen LogP contribution in [0.2, 0.25) is 0 Å². The van der Waals surface area contributed by atoms with Gasteiger partial charge in [-0.3, -0.25) is 0 Å². The van der Waals surface area contributed by atoms with Crippen LogP contribution in [0.5, 0.6) is 0 Å². The van der Waals surface area contributed by atoms with E-state index in [0.29, 0.717) is 28.8 Å². The summed E-state index contributed by atoms with van der Waals surface area (Å²) in [6, 6.07) is -0.0154. The van der Waals surface area contributed by atoms with E-state index >= 15 is 0 Å². The average molecular weight is 609 g/mol. The van der Waals surface area contributed by atoms with Crippen molar-refractivity contribution < 1.29 is 22.6 Å². The third kappa shape index (κ3) is 7.32. The van der Waals surface area contributed by atoms with Crippen molar-refractivity contribution in [2.45, 2.75) is 124 Å². The van der Waals surface area contributed by atoms with Crippen LogP contribution < -0.4 is 5.73 Å². The molecule has 7 heteroatoms. The summed E-state index contributed by atoms with van der Waals surface area (Å²) in [4.78, 5) is 0. The van der Waals surface area contributed by atoms with Crippen molar-refractivity contribution in [3.05, 3.63) is 11.6 Å². The molecule has 3 N–H and O–H groups in total. The Bertz CT molecular complexity index is 1060. The molecular formula is C35H64N2O4S. The van der Waals surface area contributed by atoms with Gasteiger partial charge in [-0.2, -0.15) is 0 Å². The second kappa shape index (κ2) is 13.1. The maximum Gasteiger partial charge on any atom is 0.0948 e. The molecule has 3 fully saturated rings. The number of hydrogen-bond acceptors (Lipinski definition) is 5. The molecule has 0 aromatic rings. The normalized spacial score (nSPS) is 38.4. The van der Waals surface area contributed by atoms with Crippen molar-refractivity contribution in [1.82, 2.24) is 0 Å². The smallest absolute Gasteiger partial charge is 0.0948 e. The van der Waals surface area contributed by atoms with Gasteiger partial charge in [0.15, 0.2) is 0 Å². The van der Waals surface area contributed by atoms with Gasteiger partial charge < -0.3 is 19.9 Å². The molecule has 0 aliphatic heterocycles. The number of aliphatic hydroxyl groups excluding tert-OH is 1. The summed E-state index contributed by atoms with van der Waals surface area (Å²) in [5.41, 5.74) is 9.06. The minimum atomic E-state index is -4.18. The van der Waals surface area contributed by atoms with Gasteiger partial charge in [0.25, 0.3) is 0 Å². The predicted molar refractivity (Wildman–Crippen MR) is 172 cm³/mol. The molecule has 4 aliphatic carbocycles. The van der Waals surface area contributed by atoms with Gasteiger partial charge in [-0.1, -0.05) is 65.5 Å². The van der Waals surface area contributed by atoms with Crippen molar-refractivity contribution in [1.29, 1.82) is 0 Å². The molecule has 2 unspecified atom stereocenters. The van der Waals surface area contributed by atoms with Gasteiger partial charge in [0.1, 0.15) is 0 Å². The van der Waals surface area contributed by atoms with Crippen LogP contribution in [0.1, 0.15) is 112 Å². The zero-order valence-corrected chi connectivity index (χ0v) is 28.8. The Balaban J connectivity index is 1.47. The molecule has 0 aromatic heterocycles. The molecule has 0 spiro atoms. The highest BCUT2D eigenvalue weighted by Crippen LogP contribution is 2.68. The zero-order valence-electron chi connectivity index (χ0n) is 28.0. The second-order valence-corrected chi connectivity index (χ2v) is 18.3. The number of hydrogen-bond donors (Lipinski definition) is 2. The molecule has 0 aromatic carbocycles. The molecule has 0 heterocycles. The van der Waals surface area contributed by atoms with Gasteiger partial charge in [0, 0.05) is 24.6 Å². The van der Waals surface area contributed by atoms with Crippen molar-refractivity contribution in [2.24, 2.45) is 58.0 Å². The topological polar surface area (TPSA) is 103 Å². The molecule has 0 saturated heterocycles. The molecular weight excluding hydrogens is 544 g/mol. The molecule has 4 aliphatic rings. The lowest BCUT2D eigenvalue weighted by atomic mass is 9.44. The lowest BCUT2D eigenvalue weighted by molar-refractivity contribution is -0.890. The summed E-state index contributed by atoms with van der Waals surface area (Å²) in [5.74, 6) is 4.54. The monoisotopic (exact) mass is 608 g/mol. The van der Waals surface area contributed by atoms with E-state index < -0.39 is 10.1 Å². The minimum Gasteiger partial charge on any atom is -0.748 e. The average Bonchev–Trinajstić information content (AvgIpc) is 3.23. The van der Waals surface area contributed by atoms with E-state index in [2.05, 4.69) is 54.8 Å². The van der Waals surface area contributed by atoms with Crippen LogP contribution in [0.4, 0.5) is 0 Å². The molecule has 0 bridgehead atoms. The first-order valence-corrected chi connectivity index (χ1v) is 18.9. The fraction of sp³-hybridized carbons (Fsp3) is 0.943. The molecule has 3 saturated carbocycles. The van der Waals surface area contributed by atoms with Gasteiger partial charge in [-0.15, -0.1) is 0 Å². The molecule has 0 radical (unpaired) electrons. The quantitative estimate of drug-likeness (QED) is 0.144.